The Labute approximate surface area is 142 Å². The van der Waals surface area contributed by atoms with E-state index in [2.05, 4.69) is 15.0 Å². The Balaban J connectivity index is 1.48. The van der Waals surface area contributed by atoms with E-state index in [0.29, 0.717) is 26.2 Å². The summed E-state index contributed by atoms with van der Waals surface area (Å²) in [6.45, 7) is 2.22. The lowest BCUT2D eigenvalue weighted by atomic mass is 10.1. The number of halogens is 2. The zero-order valence-electron chi connectivity index (χ0n) is 13.3. The number of carbonyl (C=O) groups excluding carboxylic acids is 1. The van der Waals surface area contributed by atoms with E-state index in [4.69, 9.17) is 0 Å². The van der Waals surface area contributed by atoms with Gasteiger partial charge in [-0.1, -0.05) is 0 Å². The Hall–Kier alpha value is -3.03. The molecule has 1 aromatic carbocycles. The van der Waals surface area contributed by atoms with E-state index in [1.165, 1.54) is 6.07 Å². The van der Waals surface area contributed by atoms with Crippen molar-refractivity contribution < 1.29 is 13.6 Å². The summed E-state index contributed by atoms with van der Waals surface area (Å²) in [7, 11) is 0. The quantitative estimate of drug-likeness (QED) is 0.714. The maximum Gasteiger partial charge on any atom is 0.254 e. The Morgan fingerprint density at radius 2 is 1.76 bits per heavy atom. The van der Waals surface area contributed by atoms with Gasteiger partial charge in [0.05, 0.1) is 6.20 Å². The van der Waals surface area contributed by atoms with Gasteiger partial charge in [0.15, 0.2) is 17.3 Å². The molecule has 2 aromatic heterocycles. The zero-order valence-corrected chi connectivity index (χ0v) is 13.3. The van der Waals surface area contributed by atoms with Crippen molar-refractivity contribution in [2.24, 2.45) is 0 Å². The van der Waals surface area contributed by atoms with Crippen molar-refractivity contribution in [3.05, 3.63) is 59.9 Å². The highest BCUT2D eigenvalue weighted by Crippen LogP contribution is 2.18. The smallest absolute Gasteiger partial charge is 0.254 e. The van der Waals surface area contributed by atoms with Crippen LogP contribution < -0.4 is 4.90 Å². The molecule has 3 aromatic rings. The molecule has 8 heteroatoms. The number of hydrogen-bond donors (Lipinski definition) is 0. The monoisotopic (exact) mass is 343 g/mol. The molecule has 1 amide bonds. The molecule has 0 N–H and O–H groups in total. The normalized spacial score (nSPS) is 15.0. The van der Waals surface area contributed by atoms with Gasteiger partial charge in [-0.15, -0.1) is 0 Å². The van der Waals surface area contributed by atoms with Crippen LogP contribution in [0.4, 0.5) is 14.6 Å². The molecule has 0 bridgehead atoms. The van der Waals surface area contributed by atoms with E-state index in [-0.39, 0.29) is 11.5 Å². The molecule has 0 unspecified atom stereocenters. The summed E-state index contributed by atoms with van der Waals surface area (Å²) in [6, 6.07) is 6.94. The summed E-state index contributed by atoms with van der Waals surface area (Å²) in [5, 5.41) is 4.27. The molecule has 128 valence electrons. The van der Waals surface area contributed by atoms with Crippen molar-refractivity contribution in [1.82, 2.24) is 19.5 Å². The summed E-state index contributed by atoms with van der Waals surface area (Å²) in [4.78, 5) is 20.5. The van der Waals surface area contributed by atoms with Gasteiger partial charge in [0.2, 0.25) is 0 Å². The molecule has 4 rings (SSSR count). The minimum Gasteiger partial charge on any atom is -0.353 e. The third-order valence-electron chi connectivity index (χ3n) is 4.33. The Morgan fingerprint density at radius 3 is 2.52 bits per heavy atom. The highest BCUT2D eigenvalue weighted by molar-refractivity contribution is 5.94. The molecule has 1 saturated heterocycles. The summed E-state index contributed by atoms with van der Waals surface area (Å²) >= 11 is 0. The van der Waals surface area contributed by atoms with E-state index in [1.54, 1.807) is 21.8 Å². The number of aromatic nitrogens is 3. The third-order valence-corrected chi connectivity index (χ3v) is 4.33. The molecule has 1 aliphatic rings. The molecular weight excluding hydrogens is 328 g/mol. The van der Waals surface area contributed by atoms with Crippen molar-refractivity contribution in [1.29, 1.82) is 0 Å². The van der Waals surface area contributed by atoms with Crippen LogP contribution in [-0.4, -0.2) is 51.6 Å². The van der Waals surface area contributed by atoms with Gasteiger partial charge in [-0.3, -0.25) is 4.79 Å². The number of anilines is 1. The molecule has 0 saturated carbocycles. The maximum absolute atomic E-state index is 13.3. The van der Waals surface area contributed by atoms with E-state index < -0.39 is 11.6 Å². The van der Waals surface area contributed by atoms with Gasteiger partial charge < -0.3 is 9.80 Å². The zero-order chi connectivity index (χ0) is 17.4. The fraction of sp³-hybridized carbons (Fsp3) is 0.235. The van der Waals surface area contributed by atoms with Gasteiger partial charge in [0, 0.05) is 44.0 Å². The second-order valence-corrected chi connectivity index (χ2v) is 5.81. The lowest BCUT2D eigenvalue weighted by Crippen LogP contribution is -2.49. The van der Waals surface area contributed by atoms with Crippen molar-refractivity contribution in [3.63, 3.8) is 0 Å². The predicted molar refractivity (Wildman–Crippen MR) is 87.5 cm³/mol. The molecule has 6 nitrogen and oxygen atoms in total. The average molecular weight is 343 g/mol. The third kappa shape index (κ3) is 2.79. The maximum atomic E-state index is 13.3. The summed E-state index contributed by atoms with van der Waals surface area (Å²) in [5.41, 5.74) is 0.920. The molecule has 3 heterocycles. The number of piperazine rings is 1. The van der Waals surface area contributed by atoms with Crippen LogP contribution in [-0.2, 0) is 0 Å². The fourth-order valence-corrected chi connectivity index (χ4v) is 3.01. The topological polar surface area (TPSA) is 53.7 Å². The van der Waals surface area contributed by atoms with Gasteiger partial charge in [-0.2, -0.15) is 9.61 Å². The Bertz CT molecular complexity index is 934. The lowest BCUT2D eigenvalue weighted by Gasteiger charge is -2.36. The minimum atomic E-state index is -1.01. The molecule has 0 spiro atoms. The lowest BCUT2D eigenvalue weighted by molar-refractivity contribution is 0.0746. The number of carbonyl (C=O) groups is 1. The van der Waals surface area contributed by atoms with E-state index in [1.807, 2.05) is 12.1 Å². The predicted octanol–water partition coefficient (Wildman–Crippen LogP) is 1.97. The first-order valence-electron chi connectivity index (χ1n) is 7.91. The largest absolute Gasteiger partial charge is 0.353 e. The fourth-order valence-electron chi connectivity index (χ4n) is 3.01. The Morgan fingerprint density at radius 1 is 0.960 bits per heavy atom. The molecule has 0 aliphatic carbocycles. The number of fused-ring (bicyclic) bond motifs is 1. The van der Waals surface area contributed by atoms with Crippen LogP contribution in [0, 0.1) is 11.6 Å². The number of rotatable bonds is 2. The van der Waals surface area contributed by atoms with E-state index in [9.17, 15) is 13.6 Å². The number of hydrogen-bond acceptors (Lipinski definition) is 4. The second-order valence-electron chi connectivity index (χ2n) is 5.81. The molecule has 1 aliphatic heterocycles. The van der Waals surface area contributed by atoms with Crippen molar-refractivity contribution in [2.75, 3.05) is 31.1 Å². The molecule has 25 heavy (non-hydrogen) atoms. The minimum absolute atomic E-state index is 0.158. The summed E-state index contributed by atoms with van der Waals surface area (Å²) in [5.74, 6) is -1.35. The molecular formula is C17H15F2N5O. The number of nitrogens with zero attached hydrogens (tertiary/aromatic N) is 5. The van der Waals surface area contributed by atoms with Crippen LogP contribution in [0.2, 0.25) is 0 Å². The van der Waals surface area contributed by atoms with Crippen LogP contribution >= 0.6 is 0 Å². The molecule has 0 radical (unpaired) electrons. The average Bonchev–Trinajstić information content (AvgIpc) is 3.12. The van der Waals surface area contributed by atoms with Crippen LogP contribution in [0.5, 0.6) is 0 Å². The summed E-state index contributed by atoms with van der Waals surface area (Å²) in [6.07, 6.45) is 3.42. The van der Waals surface area contributed by atoms with Crippen molar-refractivity contribution >= 4 is 17.4 Å². The second kappa shape index (κ2) is 6.12. The number of benzene rings is 1. The van der Waals surface area contributed by atoms with Gasteiger partial charge in [-0.05, 0) is 24.3 Å². The van der Waals surface area contributed by atoms with Crippen LogP contribution in [0.15, 0.2) is 42.7 Å². The summed E-state index contributed by atoms with van der Waals surface area (Å²) < 4.78 is 28.1. The standard InChI is InChI=1S/C17H15F2N5O/c18-13-2-1-12(11-14(13)19)17(25)23-9-7-22(8-10-23)16-4-5-20-15-3-6-21-24(15)16/h1-6,11H,7-10H2. The van der Waals surface area contributed by atoms with Gasteiger partial charge in [0.25, 0.3) is 5.91 Å². The van der Waals surface area contributed by atoms with Crippen molar-refractivity contribution in [2.45, 2.75) is 0 Å². The van der Waals surface area contributed by atoms with Crippen LogP contribution in [0.25, 0.3) is 5.65 Å². The Kier molecular flexibility index (Phi) is 3.79. The molecule has 1 fully saturated rings. The first-order valence-corrected chi connectivity index (χ1v) is 7.91. The van der Waals surface area contributed by atoms with E-state index in [0.717, 1.165) is 23.6 Å². The SMILES string of the molecule is O=C(c1ccc(F)c(F)c1)N1CCN(c2ccnc3ccnn23)CC1. The van der Waals surface area contributed by atoms with Gasteiger partial charge in [0.1, 0.15) is 5.82 Å². The van der Waals surface area contributed by atoms with Crippen LogP contribution in [0.1, 0.15) is 10.4 Å². The van der Waals surface area contributed by atoms with Gasteiger partial charge in [-0.25, -0.2) is 13.8 Å². The highest BCUT2D eigenvalue weighted by Gasteiger charge is 2.24. The highest BCUT2D eigenvalue weighted by atomic mass is 19.2. The van der Waals surface area contributed by atoms with Crippen LogP contribution in [0.3, 0.4) is 0 Å². The first kappa shape index (κ1) is 15.5. The van der Waals surface area contributed by atoms with Crippen molar-refractivity contribution in [3.8, 4) is 0 Å². The van der Waals surface area contributed by atoms with Gasteiger partial charge >= 0.3 is 0 Å². The van der Waals surface area contributed by atoms with E-state index >= 15 is 0 Å². The first-order chi connectivity index (χ1) is 12.1. The number of amides is 1. The molecule has 0 atom stereocenters.